The number of hydrogen-bond donors (Lipinski definition) is 0. The molecule has 0 N–H and O–H groups in total. The molecule has 2 saturated heterocycles. The van der Waals surface area contributed by atoms with Gasteiger partial charge in [-0.2, -0.15) is 5.06 Å². The van der Waals surface area contributed by atoms with Crippen molar-refractivity contribution in [2.24, 2.45) is 5.92 Å². The quantitative estimate of drug-likeness (QED) is 0.546. The van der Waals surface area contributed by atoms with Crippen molar-refractivity contribution in [2.45, 2.75) is 25.0 Å². The van der Waals surface area contributed by atoms with E-state index in [-0.39, 0.29) is 5.82 Å². The van der Waals surface area contributed by atoms with Gasteiger partial charge in [-0.3, -0.25) is 9.74 Å². The Morgan fingerprint density at radius 3 is 2.50 bits per heavy atom. The second-order valence-electron chi connectivity index (χ2n) is 8.83. The average Bonchev–Trinajstić information content (AvgIpc) is 3.19. The molecule has 0 bridgehead atoms. The van der Waals surface area contributed by atoms with E-state index in [0.717, 1.165) is 43.0 Å². The van der Waals surface area contributed by atoms with Crippen LogP contribution in [0.1, 0.15) is 23.6 Å². The Hall–Kier alpha value is -2.73. The number of piperidine rings is 1. The number of likely N-dealkylation sites (tertiary alicyclic amines) is 1. The van der Waals surface area contributed by atoms with Crippen LogP contribution >= 0.6 is 0 Å². The first-order valence-corrected chi connectivity index (χ1v) is 11.2. The summed E-state index contributed by atoms with van der Waals surface area (Å²) in [5.74, 6) is 1.18. The van der Waals surface area contributed by atoms with Crippen molar-refractivity contribution in [3.05, 3.63) is 89.7 Å². The van der Waals surface area contributed by atoms with Crippen molar-refractivity contribution in [2.75, 3.05) is 27.3 Å². The first-order chi connectivity index (χ1) is 15.6. The highest BCUT2D eigenvalue weighted by molar-refractivity contribution is 5.63. The maximum absolute atomic E-state index is 13.7. The SMILES string of the molecule is COc1ccc(CN2C[C@H]3CON(C)[C@H]3C[C@H]2c2ccc(-c3cccc(F)c3)cc2)cc1. The Balaban J connectivity index is 1.41. The van der Waals surface area contributed by atoms with Crippen LogP contribution in [-0.4, -0.2) is 43.3 Å². The molecule has 4 nitrogen and oxygen atoms in total. The van der Waals surface area contributed by atoms with Crippen molar-refractivity contribution >= 4 is 0 Å². The summed E-state index contributed by atoms with van der Waals surface area (Å²) in [6, 6.07) is 24.4. The zero-order valence-electron chi connectivity index (χ0n) is 18.6. The lowest BCUT2D eigenvalue weighted by Crippen LogP contribution is -2.46. The summed E-state index contributed by atoms with van der Waals surface area (Å²) in [4.78, 5) is 8.43. The molecule has 0 aliphatic carbocycles. The van der Waals surface area contributed by atoms with Crippen LogP contribution in [0.15, 0.2) is 72.8 Å². The first kappa shape index (κ1) is 21.1. The molecule has 2 heterocycles. The third-order valence-electron chi connectivity index (χ3n) is 6.88. The highest BCUT2D eigenvalue weighted by atomic mass is 19.1. The van der Waals surface area contributed by atoms with Crippen LogP contribution in [0.4, 0.5) is 4.39 Å². The van der Waals surface area contributed by atoms with Gasteiger partial charge >= 0.3 is 0 Å². The molecule has 0 saturated carbocycles. The van der Waals surface area contributed by atoms with E-state index >= 15 is 0 Å². The van der Waals surface area contributed by atoms with Crippen LogP contribution in [0.5, 0.6) is 5.75 Å². The molecule has 3 atom stereocenters. The lowest BCUT2D eigenvalue weighted by atomic mass is 9.85. The molecule has 3 aromatic carbocycles. The summed E-state index contributed by atoms with van der Waals surface area (Å²) in [6.07, 6.45) is 1.02. The third kappa shape index (κ3) is 4.29. The minimum absolute atomic E-state index is 0.208. The number of halogens is 1. The Labute approximate surface area is 189 Å². The van der Waals surface area contributed by atoms with Crippen molar-refractivity contribution in [3.63, 3.8) is 0 Å². The minimum atomic E-state index is -0.208. The van der Waals surface area contributed by atoms with Gasteiger partial charge in [0.25, 0.3) is 0 Å². The van der Waals surface area contributed by atoms with Gasteiger partial charge in [0.1, 0.15) is 11.6 Å². The maximum Gasteiger partial charge on any atom is 0.123 e. The molecule has 32 heavy (non-hydrogen) atoms. The molecule has 0 radical (unpaired) electrons. The highest BCUT2D eigenvalue weighted by Crippen LogP contribution is 2.40. The van der Waals surface area contributed by atoms with E-state index in [2.05, 4.69) is 41.3 Å². The van der Waals surface area contributed by atoms with Crippen LogP contribution < -0.4 is 4.74 Å². The van der Waals surface area contributed by atoms with Gasteiger partial charge in [-0.15, -0.1) is 0 Å². The summed E-state index contributed by atoms with van der Waals surface area (Å²) in [5, 5.41) is 2.05. The summed E-state index contributed by atoms with van der Waals surface area (Å²) in [5.41, 5.74) is 4.50. The number of fused-ring (bicyclic) bond motifs is 1. The van der Waals surface area contributed by atoms with Gasteiger partial charge in [0.05, 0.1) is 13.7 Å². The number of rotatable bonds is 5. The number of nitrogens with zero attached hydrogens (tertiary/aromatic N) is 2. The van der Waals surface area contributed by atoms with Gasteiger partial charge in [0.15, 0.2) is 0 Å². The topological polar surface area (TPSA) is 24.9 Å². The Morgan fingerprint density at radius 1 is 1.00 bits per heavy atom. The van der Waals surface area contributed by atoms with Gasteiger partial charge in [-0.1, -0.05) is 48.5 Å². The second-order valence-corrected chi connectivity index (χ2v) is 8.83. The highest BCUT2D eigenvalue weighted by Gasteiger charge is 2.42. The molecule has 0 spiro atoms. The van der Waals surface area contributed by atoms with E-state index in [4.69, 9.17) is 9.57 Å². The number of methoxy groups -OCH3 is 1. The van der Waals surface area contributed by atoms with Crippen molar-refractivity contribution in [1.82, 2.24) is 9.96 Å². The normalized spacial score (nSPS) is 23.8. The smallest absolute Gasteiger partial charge is 0.123 e. The molecule has 0 unspecified atom stereocenters. The molecule has 2 aliphatic heterocycles. The zero-order chi connectivity index (χ0) is 22.1. The monoisotopic (exact) mass is 432 g/mol. The van der Waals surface area contributed by atoms with Gasteiger partial charge in [0, 0.05) is 38.1 Å². The van der Waals surface area contributed by atoms with Gasteiger partial charge < -0.3 is 4.74 Å². The molecule has 166 valence electrons. The van der Waals surface area contributed by atoms with Crippen LogP contribution in [0.3, 0.4) is 0 Å². The fourth-order valence-corrected chi connectivity index (χ4v) is 5.09. The molecule has 3 aromatic rings. The summed E-state index contributed by atoms with van der Waals surface area (Å²) >= 11 is 0. The maximum atomic E-state index is 13.7. The summed E-state index contributed by atoms with van der Waals surface area (Å²) < 4.78 is 19.0. The van der Waals surface area contributed by atoms with E-state index in [1.165, 1.54) is 17.2 Å². The van der Waals surface area contributed by atoms with E-state index < -0.39 is 0 Å². The standard InChI is InChI=1S/C27H29FN2O2/c1-29-26-15-27(21-10-8-20(9-11-21)22-4-3-5-24(28)14-22)30(17-23(26)18-32-29)16-19-6-12-25(31-2)13-7-19/h3-14,23,26-27H,15-18H2,1-2H3/t23-,26-,27-/m0/s1. The number of hydrogen-bond acceptors (Lipinski definition) is 4. The second kappa shape index (κ2) is 9.02. The average molecular weight is 433 g/mol. The van der Waals surface area contributed by atoms with Crippen LogP contribution in [0.2, 0.25) is 0 Å². The molecule has 0 aromatic heterocycles. The molecule has 5 rings (SSSR count). The van der Waals surface area contributed by atoms with E-state index in [1.807, 2.05) is 30.3 Å². The Bertz CT molecular complexity index is 1050. The fraction of sp³-hybridized carbons (Fsp3) is 0.333. The lowest BCUT2D eigenvalue weighted by molar-refractivity contribution is -0.114. The van der Waals surface area contributed by atoms with Crippen molar-refractivity contribution < 1.29 is 14.0 Å². The summed E-state index contributed by atoms with van der Waals surface area (Å²) in [7, 11) is 3.74. The van der Waals surface area contributed by atoms with Gasteiger partial charge in [-0.25, -0.2) is 4.39 Å². The van der Waals surface area contributed by atoms with Crippen LogP contribution in [0.25, 0.3) is 11.1 Å². The minimum Gasteiger partial charge on any atom is -0.497 e. The molecule has 2 aliphatic rings. The largest absolute Gasteiger partial charge is 0.497 e. The number of ether oxygens (including phenoxy) is 1. The van der Waals surface area contributed by atoms with E-state index in [0.29, 0.717) is 18.0 Å². The van der Waals surface area contributed by atoms with Gasteiger partial charge in [0.2, 0.25) is 0 Å². The zero-order valence-corrected chi connectivity index (χ0v) is 18.6. The molecule has 0 amide bonds. The molecule has 5 heteroatoms. The van der Waals surface area contributed by atoms with Crippen LogP contribution in [-0.2, 0) is 11.4 Å². The summed E-state index contributed by atoms with van der Waals surface area (Å²) in [6.45, 7) is 2.66. The predicted octanol–water partition coefficient (Wildman–Crippen LogP) is 5.31. The first-order valence-electron chi connectivity index (χ1n) is 11.2. The van der Waals surface area contributed by atoms with E-state index in [9.17, 15) is 4.39 Å². The third-order valence-corrected chi connectivity index (χ3v) is 6.88. The number of benzene rings is 3. The predicted molar refractivity (Wildman–Crippen MR) is 124 cm³/mol. The molecular formula is C27H29FN2O2. The Kier molecular flexibility index (Phi) is 5.96. The lowest BCUT2D eigenvalue weighted by Gasteiger charge is -2.42. The van der Waals surface area contributed by atoms with Crippen LogP contribution in [0, 0.1) is 11.7 Å². The molecule has 2 fully saturated rings. The number of hydroxylamine groups is 2. The Morgan fingerprint density at radius 2 is 1.78 bits per heavy atom. The van der Waals surface area contributed by atoms with Gasteiger partial charge in [-0.05, 0) is 52.9 Å². The van der Waals surface area contributed by atoms with Crippen molar-refractivity contribution in [1.29, 1.82) is 0 Å². The molecular weight excluding hydrogens is 403 g/mol. The van der Waals surface area contributed by atoms with E-state index in [1.54, 1.807) is 19.2 Å². The fourth-order valence-electron chi connectivity index (χ4n) is 5.09. The van der Waals surface area contributed by atoms with Crippen molar-refractivity contribution in [3.8, 4) is 16.9 Å².